The highest BCUT2D eigenvalue weighted by Gasteiger charge is 2.03. The van der Waals surface area contributed by atoms with Crippen molar-refractivity contribution in [1.82, 2.24) is 0 Å². The minimum absolute atomic E-state index is 0.302. The molecule has 0 aromatic heterocycles. The number of carbonyl (C=O) groups is 1. The summed E-state index contributed by atoms with van der Waals surface area (Å²) >= 11 is 5.74. The van der Waals surface area contributed by atoms with Crippen LogP contribution < -0.4 is 16.8 Å². The number of nitrogens with two attached hydrogens (primary N) is 2. The molecule has 0 fully saturated rings. The van der Waals surface area contributed by atoms with Crippen molar-refractivity contribution in [3.8, 4) is 0 Å². The highest BCUT2D eigenvalue weighted by Crippen LogP contribution is 2.27. The summed E-state index contributed by atoms with van der Waals surface area (Å²) in [4.78, 5) is 10.4. The number of halogens is 1. The zero-order valence-electron chi connectivity index (χ0n) is 6.17. The van der Waals surface area contributed by atoms with E-state index in [9.17, 15) is 4.79 Å². The van der Waals surface area contributed by atoms with Gasteiger partial charge in [-0.3, -0.25) is 0 Å². The molecule has 0 aliphatic carbocycles. The molecule has 0 bridgehead atoms. The van der Waals surface area contributed by atoms with Crippen molar-refractivity contribution in [1.29, 1.82) is 0 Å². The summed E-state index contributed by atoms with van der Waals surface area (Å²) in [6, 6.07) is 4.26. The quantitative estimate of drug-likeness (QED) is 0.579. The Labute approximate surface area is 74.5 Å². The van der Waals surface area contributed by atoms with Crippen LogP contribution in [0.2, 0.25) is 5.02 Å². The van der Waals surface area contributed by atoms with Gasteiger partial charge in [0.25, 0.3) is 0 Å². The van der Waals surface area contributed by atoms with Gasteiger partial charge in [-0.05, 0) is 12.1 Å². The smallest absolute Gasteiger partial charge is 0.316 e. The number of carbonyl (C=O) groups excluding carboxylic acids is 1. The molecule has 0 radical (unpaired) electrons. The Morgan fingerprint density at radius 2 is 2.17 bits per heavy atom. The second kappa shape index (κ2) is 3.32. The van der Waals surface area contributed by atoms with Gasteiger partial charge in [0.15, 0.2) is 0 Å². The van der Waals surface area contributed by atoms with Crippen molar-refractivity contribution in [3.05, 3.63) is 23.2 Å². The Hall–Kier alpha value is -1.42. The van der Waals surface area contributed by atoms with Gasteiger partial charge in [0, 0.05) is 0 Å². The zero-order valence-corrected chi connectivity index (χ0v) is 6.93. The summed E-state index contributed by atoms with van der Waals surface area (Å²) in [6.07, 6.45) is 0. The van der Waals surface area contributed by atoms with Crippen LogP contribution in [0.25, 0.3) is 0 Å². The molecular weight excluding hydrogens is 178 g/mol. The van der Waals surface area contributed by atoms with E-state index in [2.05, 4.69) is 5.32 Å². The average Bonchev–Trinajstić information content (AvgIpc) is 1.98. The predicted molar refractivity (Wildman–Crippen MR) is 49.1 cm³/mol. The molecule has 0 spiro atoms. The summed E-state index contributed by atoms with van der Waals surface area (Å²) in [5.41, 5.74) is 11.2. The fourth-order valence-corrected chi connectivity index (χ4v) is 0.952. The molecule has 5 heteroatoms. The Morgan fingerprint density at radius 1 is 1.50 bits per heavy atom. The number of hydrogen-bond donors (Lipinski definition) is 3. The molecule has 0 saturated carbocycles. The predicted octanol–water partition coefficient (Wildman–Crippen LogP) is 1.41. The number of urea groups is 1. The Morgan fingerprint density at radius 3 is 2.75 bits per heavy atom. The van der Waals surface area contributed by atoms with Crippen molar-refractivity contribution >= 4 is 29.0 Å². The lowest BCUT2D eigenvalue weighted by Gasteiger charge is -2.05. The maximum Gasteiger partial charge on any atom is 0.316 e. The maximum absolute atomic E-state index is 10.4. The van der Waals surface area contributed by atoms with E-state index in [1.807, 2.05) is 0 Å². The van der Waals surface area contributed by atoms with E-state index >= 15 is 0 Å². The molecule has 2 amide bonds. The van der Waals surface area contributed by atoms with Gasteiger partial charge < -0.3 is 16.8 Å². The number of nitrogen functional groups attached to an aromatic ring is 1. The normalized spacial score (nSPS) is 9.42. The highest BCUT2D eigenvalue weighted by atomic mass is 35.5. The second-order valence-electron chi connectivity index (χ2n) is 2.20. The molecule has 0 unspecified atom stereocenters. The molecule has 5 N–H and O–H groups in total. The average molecular weight is 186 g/mol. The van der Waals surface area contributed by atoms with Crippen LogP contribution in [0.1, 0.15) is 0 Å². The van der Waals surface area contributed by atoms with Gasteiger partial charge in [0.2, 0.25) is 0 Å². The molecule has 12 heavy (non-hydrogen) atoms. The van der Waals surface area contributed by atoms with Gasteiger partial charge in [-0.15, -0.1) is 0 Å². The lowest BCUT2D eigenvalue weighted by molar-refractivity contribution is 0.259. The zero-order chi connectivity index (χ0) is 9.14. The largest absolute Gasteiger partial charge is 0.397 e. The Bertz CT molecular complexity index is 314. The number of nitrogens with one attached hydrogen (secondary N) is 1. The van der Waals surface area contributed by atoms with Crippen LogP contribution >= 0.6 is 11.6 Å². The van der Waals surface area contributed by atoms with Crippen molar-refractivity contribution < 1.29 is 4.79 Å². The van der Waals surface area contributed by atoms with Crippen molar-refractivity contribution in [3.63, 3.8) is 0 Å². The van der Waals surface area contributed by atoms with E-state index in [0.29, 0.717) is 16.4 Å². The number of hydrogen-bond acceptors (Lipinski definition) is 2. The molecule has 0 aliphatic rings. The highest BCUT2D eigenvalue weighted by molar-refractivity contribution is 6.36. The maximum atomic E-state index is 10.4. The number of rotatable bonds is 1. The van der Waals surface area contributed by atoms with E-state index in [4.69, 9.17) is 23.1 Å². The van der Waals surface area contributed by atoms with Crippen LogP contribution in [0, 0.1) is 0 Å². The third-order valence-electron chi connectivity index (χ3n) is 1.29. The van der Waals surface area contributed by atoms with Crippen LogP contribution in [-0.4, -0.2) is 6.03 Å². The lowest BCUT2D eigenvalue weighted by Crippen LogP contribution is -2.19. The standard InChI is InChI=1S/C7H8ClN3O/c8-6-4(9)2-1-3-5(6)11-7(10)12/h1-3H,9H2,(H3,10,11,12). The molecule has 64 valence electrons. The van der Waals surface area contributed by atoms with Crippen LogP contribution in [0.15, 0.2) is 18.2 Å². The van der Waals surface area contributed by atoms with Crippen LogP contribution in [-0.2, 0) is 0 Å². The molecule has 1 rings (SSSR count). The van der Waals surface area contributed by atoms with Gasteiger partial charge >= 0.3 is 6.03 Å². The number of primary amides is 1. The summed E-state index contributed by atoms with van der Waals surface area (Å²) in [5.74, 6) is 0. The molecular formula is C7H8ClN3O. The first kappa shape index (κ1) is 8.67. The van der Waals surface area contributed by atoms with Gasteiger partial charge in [0.1, 0.15) is 0 Å². The van der Waals surface area contributed by atoms with Crippen LogP contribution in [0.3, 0.4) is 0 Å². The van der Waals surface area contributed by atoms with E-state index in [1.54, 1.807) is 18.2 Å². The van der Waals surface area contributed by atoms with Gasteiger partial charge in [-0.25, -0.2) is 4.79 Å². The summed E-state index contributed by atoms with van der Waals surface area (Å²) in [5, 5.41) is 2.64. The molecule has 0 saturated heterocycles. The van der Waals surface area contributed by atoms with E-state index in [0.717, 1.165) is 0 Å². The van der Waals surface area contributed by atoms with Crippen molar-refractivity contribution in [2.45, 2.75) is 0 Å². The van der Waals surface area contributed by atoms with Crippen LogP contribution in [0.5, 0.6) is 0 Å². The van der Waals surface area contributed by atoms with Crippen molar-refractivity contribution in [2.75, 3.05) is 11.1 Å². The fourth-order valence-electron chi connectivity index (χ4n) is 0.779. The fraction of sp³-hybridized carbons (Fsp3) is 0. The van der Waals surface area contributed by atoms with Gasteiger partial charge in [-0.1, -0.05) is 17.7 Å². The minimum Gasteiger partial charge on any atom is -0.397 e. The van der Waals surface area contributed by atoms with Crippen molar-refractivity contribution in [2.24, 2.45) is 5.73 Å². The molecule has 0 heterocycles. The number of benzene rings is 1. The summed E-state index contributed by atoms with van der Waals surface area (Å²) in [7, 11) is 0. The SMILES string of the molecule is NC(=O)Nc1cccc(N)c1Cl. The van der Waals surface area contributed by atoms with Gasteiger partial charge in [0.05, 0.1) is 16.4 Å². The third kappa shape index (κ3) is 1.79. The summed E-state index contributed by atoms with van der Waals surface area (Å²) < 4.78 is 0. The first-order valence-corrected chi connectivity index (χ1v) is 3.59. The van der Waals surface area contributed by atoms with Crippen LogP contribution in [0.4, 0.5) is 16.2 Å². The van der Waals surface area contributed by atoms with E-state index < -0.39 is 6.03 Å². The van der Waals surface area contributed by atoms with Gasteiger partial charge in [-0.2, -0.15) is 0 Å². The third-order valence-corrected chi connectivity index (χ3v) is 1.71. The number of amides is 2. The second-order valence-corrected chi connectivity index (χ2v) is 2.58. The number of anilines is 2. The lowest BCUT2D eigenvalue weighted by atomic mass is 10.3. The molecule has 1 aromatic carbocycles. The Balaban J connectivity index is 3.00. The molecule has 0 atom stereocenters. The molecule has 1 aromatic rings. The minimum atomic E-state index is -0.664. The van der Waals surface area contributed by atoms with E-state index in [1.165, 1.54) is 0 Å². The Kier molecular flexibility index (Phi) is 2.40. The monoisotopic (exact) mass is 185 g/mol. The molecule has 0 aliphatic heterocycles. The van der Waals surface area contributed by atoms with E-state index in [-0.39, 0.29) is 0 Å². The topological polar surface area (TPSA) is 81.1 Å². The first-order chi connectivity index (χ1) is 5.61. The molecule has 4 nitrogen and oxygen atoms in total. The first-order valence-electron chi connectivity index (χ1n) is 3.21. The summed E-state index contributed by atoms with van der Waals surface area (Å²) in [6.45, 7) is 0.